The monoisotopic (exact) mass is 722 g/mol. The lowest BCUT2D eigenvalue weighted by molar-refractivity contribution is 1.18. The van der Waals surface area contributed by atoms with Gasteiger partial charge in [0, 0.05) is 32.8 Å². The first-order chi connectivity index (χ1) is 28.3. The minimum atomic E-state index is 0.990. The molecule has 0 N–H and O–H groups in total. The molecular weight excluding hydrogens is 689 g/mol. The van der Waals surface area contributed by atoms with Gasteiger partial charge in [-0.25, -0.2) is 4.98 Å². The van der Waals surface area contributed by atoms with Gasteiger partial charge in [-0.3, -0.25) is 0 Å². The molecule has 0 bridgehead atoms. The minimum Gasteiger partial charge on any atom is -0.309 e. The SMILES string of the molecule is c1ccc(-c2nc3ccc(-c4ccc(-c5ccc6c7ccccc7c7ccccc7c6c5)cc4)cc3c3cc4c5ccccc5n(-c5ccccc5)c4cc23)cc1. The summed E-state index contributed by atoms with van der Waals surface area (Å²) in [5.41, 5.74) is 11.4. The van der Waals surface area contributed by atoms with Crippen LogP contribution in [0.5, 0.6) is 0 Å². The van der Waals surface area contributed by atoms with E-state index in [4.69, 9.17) is 4.98 Å². The van der Waals surface area contributed by atoms with Crippen LogP contribution in [0.4, 0.5) is 0 Å². The average Bonchev–Trinajstić information content (AvgIpc) is 3.62. The van der Waals surface area contributed by atoms with Crippen molar-refractivity contribution >= 4 is 75.8 Å². The smallest absolute Gasteiger partial charge is 0.0788 e. The van der Waals surface area contributed by atoms with Gasteiger partial charge >= 0.3 is 0 Å². The lowest BCUT2D eigenvalue weighted by Crippen LogP contribution is -1.94. The summed E-state index contributed by atoms with van der Waals surface area (Å²) in [5.74, 6) is 0. The fraction of sp³-hybridized carbons (Fsp3) is 0. The van der Waals surface area contributed by atoms with Gasteiger partial charge in [0.05, 0.1) is 22.2 Å². The molecule has 0 saturated heterocycles. The Balaban J connectivity index is 1.03. The molecule has 0 fully saturated rings. The molecule has 0 spiro atoms. The number of hydrogen-bond acceptors (Lipinski definition) is 1. The molecular formula is C55H34N2. The van der Waals surface area contributed by atoms with E-state index >= 15 is 0 Å². The molecule has 0 aliphatic heterocycles. The third-order valence-electron chi connectivity index (χ3n) is 11.9. The largest absolute Gasteiger partial charge is 0.309 e. The summed E-state index contributed by atoms with van der Waals surface area (Å²) >= 11 is 0. The van der Waals surface area contributed by atoms with Crippen molar-refractivity contribution in [2.75, 3.05) is 0 Å². The Morgan fingerprint density at radius 1 is 0.263 bits per heavy atom. The molecule has 0 aliphatic carbocycles. The number of para-hydroxylation sites is 2. The first-order valence-electron chi connectivity index (χ1n) is 19.6. The van der Waals surface area contributed by atoms with E-state index in [0.717, 1.165) is 33.2 Å². The highest BCUT2D eigenvalue weighted by molar-refractivity contribution is 6.26. The number of rotatable bonds is 4. The van der Waals surface area contributed by atoms with Gasteiger partial charge in [-0.05, 0) is 108 Å². The highest BCUT2D eigenvalue weighted by Gasteiger charge is 2.18. The zero-order chi connectivity index (χ0) is 37.5. The molecule has 57 heavy (non-hydrogen) atoms. The summed E-state index contributed by atoms with van der Waals surface area (Å²) in [5, 5.41) is 13.7. The fourth-order valence-electron chi connectivity index (χ4n) is 9.26. The summed E-state index contributed by atoms with van der Waals surface area (Å²) in [6.07, 6.45) is 0. The highest BCUT2D eigenvalue weighted by Crippen LogP contribution is 2.42. The Morgan fingerprint density at radius 2 is 0.754 bits per heavy atom. The van der Waals surface area contributed by atoms with Gasteiger partial charge in [0.25, 0.3) is 0 Å². The van der Waals surface area contributed by atoms with Gasteiger partial charge in [-0.1, -0.05) is 158 Å². The standard InChI is InChI=1S/C55H34N2/c1-3-13-37(14-4-1)55-51-34-54-50(46-21-11-12-22-53(46)57(54)40-15-5-2-6-16-40)33-48(51)49-32-39(28-30-52(49)56-55)36-25-23-35(24-26-36)38-27-29-45-43-19-8-7-17-41(43)42-18-9-10-20-44(42)47(45)31-38/h1-34H. The predicted molar refractivity (Wildman–Crippen MR) is 242 cm³/mol. The Hall–Kier alpha value is -7.55. The molecule has 0 saturated carbocycles. The Bertz CT molecular complexity index is 3510. The van der Waals surface area contributed by atoms with Crippen LogP contribution in [0.3, 0.4) is 0 Å². The quantitative estimate of drug-likeness (QED) is 0.165. The molecule has 0 radical (unpaired) electrons. The zero-order valence-electron chi connectivity index (χ0n) is 31.0. The van der Waals surface area contributed by atoms with Crippen molar-refractivity contribution < 1.29 is 0 Å². The second-order valence-corrected chi connectivity index (χ2v) is 15.1. The Labute approximate surface area is 329 Å². The van der Waals surface area contributed by atoms with Crippen molar-refractivity contribution in [3.63, 3.8) is 0 Å². The maximum atomic E-state index is 5.38. The third-order valence-corrected chi connectivity index (χ3v) is 11.9. The van der Waals surface area contributed by atoms with Crippen LogP contribution >= 0.6 is 0 Å². The maximum Gasteiger partial charge on any atom is 0.0788 e. The van der Waals surface area contributed by atoms with Gasteiger partial charge in [-0.15, -0.1) is 0 Å². The molecule has 0 aliphatic rings. The third kappa shape index (κ3) is 4.94. The number of fused-ring (bicyclic) bond motifs is 12. The van der Waals surface area contributed by atoms with Gasteiger partial charge in [0.1, 0.15) is 0 Å². The first-order valence-corrected chi connectivity index (χ1v) is 19.6. The molecule has 0 unspecified atom stereocenters. The Morgan fingerprint density at radius 3 is 1.42 bits per heavy atom. The van der Waals surface area contributed by atoms with E-state index in [-0.39, 0.29) is 0 Å². The van der Waals surface area contributed by atoms with Crippen molar-refractivity contribution in [2.45, 2.75) is 0 Å². The second kappa shape index (κ2) is 12.5. The molecule has 0 atom stereocenters. The van der Waals surface area contributed by atoms with Crippen LogP contribution in [0.25, 0.3) is 115 Å². The van der Waals surface area contributed by atoms with E-state index in [2.05, 4.69) is 211 Å². The molecule has 2 heteroatoms. The molecule has 0 amide bonds. The van der Waals surface area contributed by atoms with Crippen LogP contribution in [0.1, 0.15) is 0 Å². The van der Waals surface area contributed by atoms with Crippen molar-refractivity contribution in [1.82, 2.24) is 9.55 Å². The van der Waals surface area contributed by atoms with Gasteiger partial charge in [0.2, 0.25) is 0 Å². The molecule has 264 valence electrons. The van der Waals surface area contributed by atoms with E-state index < -0.39 is 0 Å². The van der Waals surface area contributed by atoms with E-state index in [1.54, 1.807) is 0 Å². The second-order valence-electron chi connectivity index (χ2n) is 15.1. The van der Waals surface area contributed by atoms with Crippen LogP contribution in [0.2, 0.25) is 0 Å². The van der Waals surface area contributed by atoms with Crippen LogP contribution < -0.4 is 0 Å². The van der Waals surface area contributed by atoms with Gasteiger partial charge in [0.15, 0.2) is 0 Å². The normalized spacial score (nSPS) is 11.9. The fourth-order valence-corrected chi connectivity index (χ4v) is 9.26. The van der Waals surface area contributed by atoms with Crippen LogP contribution in [-0.2, 0) is 0 Å². The molecule has 12 rings (SSSR count). The molecule has 2 heterocycles. The summed E-state index contributed by atoms with van der Waals surface area (Å²) in [6, 6.07) is 75.1. The zero-order valence-corrected chi connectivity index (χ0v) is 31.0. The highest BCUT2D eigenvalue weighted by atomic mass is 15.0. The van der Waals surface area contributed by atoms with Crippen molar-refractivity contribution in [3.05, 3.63) is 206 Å². The maximum absolute atomic E-state index is 5.38. The topological polar surface area (TPSA) is 17.8 Å². The van der Waals surface area contributed by atoms with Crippen molar-refractivity contribution in [3.8, 4) is 39.2 Å². The van der Waals surface area contributed by atoms with Crippen molar-refractivity contribution in [2.24, 2.45) is 0 Å². The van der Waals surface area contributed by atoms with Crippen molar-refractivity contribution in [1.29, 1.82) is 0 Å². The van der Waals surface area contributed by atoms with E-state index in [0.29, 0.717) is 0 Å². The number of nitrogens with zero attached hydrogens (tertiary/aromatic N) is 2. The average molecular weight is 723 g/mol. The summed E-state index contributed by atoms with van der Waals surface area (Å²) < 4.78 is 2.39. The summed E-state index contributed by atoms with van der Waals surface area (Å²) in [6.45, 7) is 0. The van der Waals surface area contributed by atoms with E-state index in [9.17, 15) is 0 Å². The van der Waals surface area contributed by atoms with Crippen LogP contribution in [-0.4, -0.2) is 9.55 Å². The van der Waals surface area contributed by atoms with Gasteiger partial charge in [-0.2, -0.15) is 0 Å². The number of pyridine rings is 1. The number of benzene rings is 10. The number of hydrogen-bond donors (Lipinski definition) is 0. The molecule has 12 aromatic rings. The lowest BCUT2D eigenvalue weighted by atomic mass is 9.91. The summed E-state index contributed by atoms with van der Waals surface area (Å²) in [7, 11) is 0. The molecule has 10 aromatic carbocycles. The Kier molecular flexibility index (Phi) is 6.96. The first kappa shape index (κ1) is 31.8. The van der Waals surface area contributed by atoms with E-state index in [1.807, 2.05) is 0 Å². The predicted octanol–water partition coefficient (Wildman–Crippen LogP) is 14.9. The molecule has 2 nitrogen and oxygen atoms in total. The molecule has 2 aromatic heterocycles. The van der Waals surface area contributed by atoms with Crippen LogP contribution in [0.15, 0.2) is 206 Å². The van der Waals surface area contributed by atoms with Crippen LogP contribution in [0, 0.1) is 0 Å². The lowest BCUT2D eigenvalue weighted by Gasteiger charge is -2.14. The van der Waals surface area contributed by atoms with E-state index in [1.165, 1.54) is 81.8 Å². The summed E-state index contributed by atoms with van der Waals surface area (Å²) in [4.78, 5) is 5.38. The minimum absolute atomic E-state index is 0.990. The number of aromatic nitrogens is 2. The van der Waals surface area contributed by atoms with Gasteiger partial charge < -0.3 is 4.57 Å².